The van der Waals surface area contributed by atoms with Gasteiger partial charge in [-0.25, -0.2) is 0 Å². The summed E-state index contributed by atoms with van der Waals surface area (Å²) in [6.45, 7) is 0.864. The molecule has 2 atom stereocenters. The molecule has 0 aromatic carbocycles. The molecular formula is C8H18N2. The lowest BCUT2D eigenvalue weighted by Gasteiger charge is -2.24. The van der Waals surface area contributed by atoms with Crippen molar-refractivity contribution in [3.05, 3.63) is 0 Å². The first-order valence-corrected chi connectivity index (χ1v) is 4.12. The highest BCUT2D eigenvalue weighted by Crippen LogP contribution is 2.27. The van der Waals surface area contributed by atoms with Crippen molar-refractivity contribution in [1.29, 1.82) is 0 Å². The van der Waals surface area contributed by atoms with Crippen molar-refractivity contribution in [3.8, 4) is 0 Å². The molecule has 0 saturated heterocycles. The number of nitrogens with zero attached hydrogens (tertiary/aromatic N) is 1. The van der Waals surface area contributed by atoms with E-state index >= 15 is 0 Å². The van der Waals surface area contributed by atoms with Gasteiger partial charge >= 0.3 is 0 Å². The van der Waals surface area contributed by atoms with Gasteiger partial charge in [-0.15, -0.1) is 0 Å². The molecule has 2 nitrogen and oxygen atoms in total. The fourth-order valence-corrected chi connectivity index (χ4v) is 1.97. The lowest BCUT2D eigenvalue weighted by Crippen LogP contribution is -2.34. The number of hydrogen-bond donors (Lipinski definition) is 1. The lowest BCUT2D eigenvalue weighted by molar-refractivity contribution is 0.241. The molecule has 0 unspecified atom stereocenters. The molecule has 1 rings (SSSR count). The van der Waals surface area contributed by atoms with Gasteiger partial charge in [0.2, 0.25) is 0 Å². The average Bonchev–Trinajstić information content (AvgIpc) is 2.33. The average molecular weight is 142 g/mol. The van der Waals surface area contributed by atoms with Crippen LogP contribution in [0.5, 0.6) is 0 Å². The second kappa shape index (κ2) is 3.35. The van der Waals surface area contributed by atoms with Gasteiger partial charge < -0.3 is 10.6 Å². The molecule has 1 fully saturated rings. The summed E-state index contributed by atoms with van der Waals surface area (Å²) >= 11 is 0. The molecule has 0 aromatic rings. The molecule has 0 radical (unpaired) electrons. The van der Waals surface area contributed by atoms with E-state index in [0.29, 0.717) is 0 Å². The van der Waals surface area contributed by atoms with Crippen molar-refractivity contribution >= 4 is 0 Å². The fourth-order valence-electron chi connectivity index (χ4n) is 1.97. The summed E-state index contributed by atoms with van der Waals surface area (Å²) in [6.07, 6.45) is 4.04. The van der Waals surface area contributed by atoms with Crippen LogP contribution in [-0.4, -0.2) is 31.6 Å². The molecule has 0 amide bonds. The Morgan fingerprint density at radius 2 is 2.10 bits per heavy atom. The first-order chi connectivity index (χ1) is 4.75. The van der Waals surface area contributed by atoms with E-state index in [1.54, 1.807) is 0 Å². The number of hydrogen-bond acceptors (Lipinski definition) is 2. The monoisotopic (exact) mass is 142 g/mol. The van der Waals surface area contributed by atoms with Crippen LogP contribution in [0.4, 0.5) is 0 Å². The zero-order chi connectivity index (χ0) is 7.56. The van der Waals surface area contributed by atoms with E-state index in [2.05, 4.69) is 19.0 Å². The molecule has 0 heterocycles. The zero-order valence-corrected chi connectivity index (χ0v) is 7.01. The fraction of sp³-hybridized carbons (Fsp3) is 1.00. The van der Waals surface area contributed by atoms with Gasteiger partial charge in [0, 0.05) is 6.04 Å². The van der Waals surface area contributed by atoms with E-state index in [1.807, 2.05) is 0 Å². The van der Waals surface area contributed by atoms with Crippen LogP contribution in [-0.2, 0) is 0 Å². The highest BCUT2D eigenvalue weighted by molar-refractivity contribution is 4.83. The third-order valence-electron chi connectivity index (χ3n) is 2.58. The molecule has 1 aliphatic rings. The quantitative estimate of drug-likeness (QED) is 0.614. The maximum absolute atomic E-state index is 5.64. The first-order valence-electron chi connectivity index (χ1n) is 4.12. The summed E-state index contributed by atoms with van der Waals surface area (Å²) in [5.41, 5.74) is 5.64. The van der Waals surface area contributed by atoms with Gasteiger partial charge in [0.05, 0.1) is 0 Å². The summed E-state index contributed by atoms with van der Waals surface area (Å²) in [7, 11) is 4.30. The number of nitrogens with two attached hydrogens (primary N) is 1. The van der Waals surface area contributed by atoms with Crippen LogP contribution in [0.3, 0.4) is 0 Å². The predicted octanol–water partition coefficient (Wildman–Crippen LogP) is 0.675. The van der Waals surface area contributed by atoms with Crippen LogP contribution in [0.15, 0.2) is 0 Å². The number of rotatable bonds is 2. The van der Waals surface area contributed by atoms with E-state index in [-0.39, 0.29) is 0 Å². The smallest absolute Gasteiger partial charge is 0.0129 e. The Kier molecular flexibility index (Phi) is 2.69. The Hall–Kier alpha value is -0.0800. The molecule has 10 heavy (non-hydrogen) atoms. The molecule has 60 valence electrons. The van der Waals surface area contributed by atoms with Gasteiger partial charge in [-0.2, -0.15) is 0 Å². The molecule has 1 aliphatic carbocycles. The first kappa shape index (κ1) is 8.02. The molecular weight excluding hydrogens is 124 g/mol. The van der Waals surface area contributed by atoms with Crippen molar-refractivity contribution in [2.75, 3.05) is 20.6 Å². The van der Waals surface area contributed by atoms with Crippen molar-refractivity contribution in [3.63, 3.8) is 0 Å². The minimum atomic E-state index is 0.755. The molecule has 2 N–H and O–H groups in total. The maximum atomic E-state index is 5.64. The third-order valence-corrected chi connectivity index (χ3v) is 2.58. The minimum Gasteiger partial charge on any atom is -0.330 e. The van der Waals surface area contributed by atoms with Gasteiger partial charge in [0.15, 0.2) is 0 Å². The van der Waals surface area contributed by atoms with Crippen molar-refractivity contribution < 1.29 is 0 Å². The highest BCUT2D eigenvalue weighted by Gasteiger charge is 2.26. The van der Waals surface area contributed by atoms with Crippen molar-refractivity contribution in [2.24, 2.45) is 11.7 Å². The predicted molar refractivity (Wildman–Crippen MR) is 43.9 cm³/mol. The van der Waals surface area contributed by atoms with Crippen LogP contribution in [0.2, 0.25) is 0 Å². The molecule has 1 saturated carbocycles. The van der Waals surface area contributed by atoms with Gasteiger partial charge in [-0.3, -0.25) is 0 Å². The van der Waals surface area contributed by atoms with Crippen LogP contribution in [0.1, 0.15) is 19.3 Å². The minimum absolute atomic E-state index is 0.755. The van der Waals surface area contributed by atoms with Crippen molar-refractivity contribution in [2.45, 2.75) is 25.3 Å². The van der Waals surface area contributed by atoms with Crippen LogP contribution < -0.4 is 5.73 Å². The normalized spacial score (nSPS) is 33.6. The summed E-state index contributed by atoms with van der Waals surface area (Å²) < 4.78 is 0. The van der Waals surface area contributed by atoms with Gasteiger partial charge in [-0.05, 0) is 39.4 Å². The topological polar surface area (TPSA) is 29.3 Å². The molecule has 0 aromatic heterocycles. The van der Waals surface area contributed by atoms with E-state index in [0.717, 1.165) is 18.5 Å². The Balaban J connectivity index is 2.42. The van der Waals surface area contributed by atoms with E-state index in [9.17, 15) is 0 Å². The standard InChI is InChI=1S/C8H18N2/c1-10(2)8-5-3-4-7(8)6-9/h7-8H,3-6,9H2,1-2H3/t7-,8-/m0/s1. The van der Waals surface area contributed by atoms with Crippen LogP contribution in [0, 0.1) is 5.92 Å². The Labute approximate surface area is 63.4 Å². The Bertz CT molecular complexity index is 101. The van der Waals surface area contributed by atoms with Crippen molar-refractivity contribution in [1.82, 2.24) is 4.90 Å². The van der Waals surface area contributed by atoms with E-state index in [1.165, 1.54) is 19.3 Å². The van der Waals surface area contributed by atoms with Gasteiger partial charge in [0.1, 0.15) is 0 Å². The van der Waals surface area contributed by atoms with E-state index in [4.69, 9.17) is 5.73 Å². The largest absolute Gasteiger partial charge is 0.330 e. The van der Waals surface area contributed by atoms with Crippen LogP contribution in [0.25, 0.3) is 0 Å². The molecule has 2 heteroatoms. The van der Waals surface area contributed by atoms with Gasteiger partial charge in [0.25, 0.3) is 0 Å². The second-order valence-electron chi connectivity index (χ2n) is 3.46. The Morgan fingerprint density at radius 1 is 1.40 bits per heavy atom. The summed E-state index contributed by atoms with van der Waals surface area (Å²) in [6, 6.07) is 0.755. The second-order valence-corrected chi connectivity index (χ2v) is 3.46. The molecule has 0 spiro atoms. The lowest BCUT2D eigenvalue weighted by atomic mass is 10.0. The SMILES string of the molecule is CN(C)[C@H]1CCC[C@H]1CN. The zero-order valence-electron chi connectivity index (χ0n) is 7.01. The molecule has 0 bridgehead atoms. The molecule has 0 aliphatic heterocycles. The van der Waals surface area contributed by atoms with Crippen LogP contribution >= 0.6 is 0 Å². The third kappa shape index (κ3) is 1.50. The summed E-state index contributed by atoms with van der Waals surface area (Å²) in [5.74, 6) is 0.759. The van der Waals surface area contributed by atoms with E-state index < -0.39 is 0 Å². The summed E-state index contributed by atoms with van der Waals surface area (Å²) in [5, 5.41) is 0. The van der Waals surface area contributed by atoms with Gasteiger partial charge in [-0.1, -0.05) is 6.42 Å². The summed E-state index contributed by atoms with van der Waals surface area (Å²) in [4.78, 5) is 2.31. The highest BCUT2D eigenvalue weighted by atomic mass is 15.1. The maximum Gasteiger partial charge on any atom is 0.0129 e. The Morgan fingerprint density at radius 3 is 2.50 bits per heavy atom.